The van der Waals surface area contributed by atoms with Crippen LogP contribution >= 0.6 is 15.9 Å². The van der Waals surface area contributed by atoms with Crippen molar-refractivity contribution >= 4 is 21.8 Å². The third-order valence-corrected chi connectivity index (χ3v) is 4.14. The van der Waals surface area contributed by atoms with E-state index in [1.807, 2.05) is 24.3 Å². The molecule has 2 rings (SSSR count). The second-order valence-electron chi connectivity index (χ2n) is 5.48. The van der Waals surface area contributed by atoms with E-state index in [4.69, 9.17) is 0 Å². The number of amides is 1. The molecule has 0 bridgehead atoms. The molecule has 3 nitrogen and oxygen atoms in total. The van der Waals surface area contributed by atoms with Crippen LogP contribution in [-0.2, 0) is 11.2 Å². The minimum atomic E-state index is 0.106. The predicted molar refractivity (Wildman–Crippen MR) is 81.1 cm³/mol. The fraction of sp³-hybridized carbons (Fsp3) is 0.533. The van der Waals surface area contributed by atoms with Gasteiger partial charge in [-0.25, -0.2) is 0 Å². The number of hydrogen-bond acceptors (Lipinski definition) is 2. The first-order valence-corrected chi connectivity index (χ1v) is 7.53. The zero-order valence-corrected chi connectivity index (χ0v) is 13.1. The molecule has 1 aromatic rings. The first kappa shape index (κ1) is 14.5. The molecule has 0 aliphatic heterocycles. The molecule has 1 amide bonds. The third kappa shape index (κ3) is 4.62. The minimum absolute atomic E-state index is 0.106. The van der Waals surface area contributed by atoms with E-state index in [1.54, 1.807) is 0 Å². The third-order valence-electron chi connectivity index (χ3n) is 3.62. The molecule has 1 fully saturated rings. The number of hydrogen-bond donors (Lipinski definition) is 1. The van der Waals surface area contributed by atoms with Crippen molar-refractivity contribution in [3.63, 3.8) is 0 Å². The molecule has 0 heterocycles. The van der Waals surface area contributed by atoms with Gasteiger partial charge in [-0.3, -0.25) is 4.79 Å². The van der Waals surface area contributed by atoms with Crippen LogP contribution in [0.15, 0.2) is 28.7 Å². The van der Waals surface area contributed by atoms with E-state index in [1.165, 1.54) is 12.8 Å². The topological polar surface area (TPSA) is 32.3 Å². The van der Waals surface area contributed by atoms with Gasteiger partial charge in [-0.05, 0) is 50.6 Å². The van der Waals surface area contributed by atoms with Crippen molar-refractivity contribution in [3.8, 4) is 0 Å². The summed E-state index contributed by atoms with van der Waals surface area (Å²) in [6, 6.07) is 8.38. The normalized spacial score (nSPS) is 16.4. The summed E-state index contributed by atoms with van der Waals surface area (Å²) in [5, 5.41) is 3.06. The monoisotopic (exact) mass is 324 g/mol. The van der Waals surface area contributed by atoms with Crippen molar-refractivity contribution in [1.29, 1.82) is 0 Å². The van der Waals surface area contributed by atoms with Crippen molar-refractivity contribution in [2.75, 3.05) is 20.6 Å². The van der Waals surface area contributed by atoms with Gasteiger partial charge in [0.25, 0.3) is 0 Å². The van der Waals surface area contributed by atoms with Crippen LogP contribution in [-0.4, -0.2) is 37.5 Å². The zero-order valence-electron chi connectivity index (χ0n) is 11.5. The van der Waals surface area contributed by atoms with Crippen LogP contribution in [0.5, 0.6) is 0 Å². The molecule has 19 heavy (non-hydrogen) atoms. The molecule has 1 saturated carbocycles. The molecule has 0 unspecified atom stereocenters. The highest BCUT2D eigenvalue weighted by Gasteiger charge is 2.32. The lowest BCUT2D eigenvalue weighted by atomic mass is 10.1. The molecule has 1 atom stereocenters. The fourth-order valence-electron chi connectivity index (χ4n) is 2.32. The molecular weight excluding hydrogens is 304 g/mol. The maximum atomic E-state index is 11.9. The highest BCUT2D eigenvalue weighted by molar-refractivity contribution is 9.10. The van der Waals surface area contributed by atoms with Crippen LogP contribution in [0.25, 0.3) is 0 Å². The smallest absolute Gasteiger partial charge is 0.224 e. The van der Waals surface area contributed by atoms with E-state index >= 15 is 0 Å². The molecule has 0 spiro atoms. The van der Waals surface area contributed by atoms with Crippen molar-refractivity contribution in [3.05, 3.63) is 34.3 Å². The Balaban J connectivity index is 1.79. The lowest BCUT2D eigenvalue weighted by Gasteiger charge is -2.24. The minimum Gasteiger partial charge on any atom is -0.354 e. The number of likely N-dealkylation sites (N-methyl/N-ethyl adjacent to an activating group) is 1. The van der Waals surface area contributed by atoms with Crippen molar-refractivity contribution in [2.45, 2.75) is 25.3 Å². The van der Waals surface area contributed by atoms with Gasteiger partial charge in [0, 0.05) is 17.1 Å². The molecule has 1 aliphatic carbocycles. The van der Waals surface area contributed by atoms with E-state index in [0.29, 0.717) is 12.5 Å². The maximum Gasteiger partial charge on any atom is 0.224 e. The summed E-state index contributed by atoms with van der Waals surface area (Å²) in [6.45, 7) is 0.757. The molecule has 1 N–H and O–H groups in total. The van der Waals surface area contributed by atoms with Gasteiger partial charge in [-0.2, -0.15) is 0 Å². The molecule has 0 radical (unpaired) electrons. The summed E-state index contributed by atoms with van der Waals surface area (Å²) in [7, 11) is 4.17. The first-order chi connectivity index (χ1) is 9.06. The molecule has 104 valence electrons. The average molecular weight is 325 g/mol. The van der Waals surface area contributed by atoms with Gasteiger partial charge in [0.15, 0.2) is 0 Å². The molecule has 4 heteroatoms. The highest BCUT2D eigenvalue weighted by Crippen LogP contribution is 2.34. The highest BCUT2D eigenvalue weighted by atomic mass is 79.9. The summed E-state index contributed by atoms with van der Waals surface area (Å²) in [5.74, 6) is 0.873. The second-order valence-corrected chi connectivity index (χ2v) is 6.39. The zero-order chi connectivity index (χ0) is 13.8. The van der Waals surface area contributed by atoms with Gasteiger partial charge in [0.05, 0.1) is 6.42 Å². The Hall–Kier alpha value is -0.870. The van der Waals surface area contributed by atoms with E-state index in [0.717, 1.165) is 22.5 Å². The number of halogens is 1. The summed E-state index contributed by atoms with van der Waals surface area (Å²) >= 11 is 3.39. The van der Waals surface area contributed by atoms with Crippen LogP contribution in [0.1, 0.15) is 18.4 Å². The quantitative estimate of drug-likeness (QED) is 0.871. The summed E-state index contributed by atoms with van der Waals surface area (Å²) < 4.78 is 1.04. The van der Waals surface area contributed by atoms with E-state index < -0.39 is 0 Å². The Bertz CT molecular complexity index is 424. The van der Waals surface area contributed by atoms with E-state index in [2.05, 4.69) is 40.2 Å². The summed E-state index contributed by atoms with van der Waals surface area (Å²) in [5.41, 5.74) is 1.05. The van der Waals surface area contributed by atoms with Crippen LogP contribution in [0.2, 0.25) is 0 Å². The number of nitrogens with one attached hydrogen (secondary N) is 1. The maximum absolute atomic E-state index is 11.9. The molecule has 0 aromatic heterocycles. The van der Waals surface area contributed by atoms with Crippen molar-refractivity contribution < 1.29 is 4.79 Å². The standard InChI is InChI=1S/C15H21BrN2O/c1-18(2)14(12-5-6-12)10-17-15(19)9-11-3-7-13(16)8-4-11/h3-4,7-8,12,14H,5-6,9-10H2,1-2H3,(H,17,19)/t14-/m1/s1. The first-order valence-electron chi connectivity index (χ1n) is 6.74. The van der Waals surface area contributed by atoms with Crippen molar-refractivity contribution in [2.24, 2.45) is 5.92 Å². The Morgan fingerprint density at radius 3 is 2.53 bits per heavy atom. The van der Waals surface area contributed by atoms with E-state index in [9.17, 15) is 4.79 Å². The molecule has 1 aliphatic rings. The predicted octanol–water partition coefficient (Wildman–Crippen LogP) is 2.45. The van der Waals surface area contributed by atoms with Crippen LogP contribution < -0.4 is 5.32 Å². The largest absolute Gasteiger partial charge is 0.354 e. The number of nitrogens with zero attached hydrogens (tertiary/aromatic N) is 1. The van der Waals surface area contributed by atoms with Gasteiger partial charge >= 0.3 is 0 Å². The fourth-order valence-corrected chi connectivity index (χ4v) is 2.58. The average Bonchev–Trinajstić information content (AvgIpc) is 3.16. The SMILES string of the molecule is CN(C)[C@H](CNC(=O)Cc1ccc(Br)cc1)C1CC1. The molecule has 1 aromatic carbocycles. The summed E-state index contributed by atoms with van der Waals surface area (Å²) in [6.07, 6.45) is 3.05. The van der Waals surface area contributed by atoms with Gasteiger partial charge in [0.1, 0.15) is 0 Å². The lowest BCUT2D eigenvalue weighted by Crippen LogP contribution is -2.42. The number of carbonyl (C=O) groups is 1. The summed E-state index contributed by atoms with van der Waals surface area (Å²) in [4.78, 5) is 14.1. The van der Waals surface area contributed by atoms with Crippen LogP contribution in [0, 0.1) is 5.92 Å². The lowest BCUT2D eigenvalue weighted by molar-refractivity contribution is -0.120. The number of benzene rings is 1. The second kappa shape index (κ2) is 6.53. The van der Waals surface area contributed by atoms with Gasteiger partial charge in [-0.1, -0.05) is 28.1 Å². The molecule has 0 saturated heterocycles. The van der Waals surface area contributed by atoms with E-state index in [-0.39, 0.29) is 5.91 Å². The van der Waals surface area contributed by atoms with Crippen LogP contribution in [0.4, 0.5) is 0 Å². The Labute approximate surface area is 123 Å². The van der Waals surface area contributed by atoms with Gasteiger partial charge in [-0.15, -0.1) is 0 Å². The Morgan fingerprint density at radius 1 is 1.37 bits per heavy atom. The van der Waals surface area contributed by atoms with Crippen LogP contribution in [0.3, 0.4) is 0 Å². The van der Waals surface area contributed by atoms with Crippen molar-refractivity contribution in [1.82, 2.24) is 10.2 Å². The molecular formula is C15H21BrN2O. The Morgan fingerprint density at radius 2 is 2.00 bits per heavy atom. The Kier molecular flexibility index (Phi) is 4.99. The van der Waals surface area contributed by atoms with Gasteiger partial charge < -0.3 is 10.2 Å². The number of carbonyl (C=O) groups excluding carboxylic acids is 1. The van der Waals surface area contributed by atoms with Gasteiger partial charge in [0.2, 0.25) is 5.91 Å². The number of rotatable bonds is 6.